The van der Waals surface area contributed by atoms with Crippen molar-refractivity contribution in [2.24, 2.45) is 5.92 Å². The van der Waals surface area contributed by atoms with Crippen LogP contribution in [0.4, 0.5) is 0 Å². The number of oxazole rings is 1. The Morgan fingerprint density at radius 1 is 1.09 bits per heavy atom. The van der Waals surface area contributed by atoms with Crippen molar-refractivity contribution in [1.29, 1.82) is 0 Å². The molecule has 0 bridgehead atoms. The molecule has 2 aromatic carbocycles. The molecule has 0 spiro atoms. The summed E-state index contributed by atoms with van der Waals surface area (Å²) in [5.74, 6) is 1.01. The van der Waals surface area contributed by atoms with E-state index in [1.165, 1.54) is 11.8 Å². The van der Waals surface area contributed by atoms with Crippen LogP contribution < -0.4 is 5.32 Å². The quantitative estimate of drug-likeness (QED) is 0.508. The predicted octanol–water partition coefficient (Wildman–Crippen LogP) is 3.59. The van der Waals surface area contributed by atoms with Gasteiger partial charge in [-0.05, 0) is 30.2 Å². The summed E-state index contributed by atoms with van der Waals surface area (Å²) in [5, 5.41) is 3.82. The number of benzene rings is 2. The standard InChI is InChI=1S/C25H29N3O4S/c29-24(26-15-22(18-9-12-31-16-18)28-10-13-30-14-11-28)20-6-2-1-5-19(20)17-33-25-27-21-7-3-4-8-23(21)32-25/h1-8,18,22H,9-17H2,(H,26,29). The summed E-state index contributed by atoms with van der Waals surface area (Å²) in [6, 6.07) is 15.7. The zero-order chi connectivity index (χ0) is 22.5. The number of carbonyl (C=O) groups is 1. The lowest BCUT2D eigenvalue weighted by atomic mass is 9.96. The van der Waals surface area contributed by atoms with Crippen molar-refractivity contribution in [3.63, 3.8) is 0 Å². The van der Waals surface area contributed by atoms with Crippen molar-refractivity contribution < 1.29 is 18.7 Å². The number of thioether (sulfide) groups is 1. The fraction of sp³-hybridized carbons (Fsp3) is 0.440. The van der Waals surface area contributed by atoms with Gasteiger partial charge in [0.05, 0.1) is 19.8 Å². The highest BCUT2D eigenvalue weighted by Crippen LogP contribution is 2.27. The molecule has 2 aliphatic heterocycles. The second-order valence-electron chi connectivity index (χ2n) is 8.44. The predicted molar refractivity (Wildman–Crippen MR) is 127 cm³/mol. The number of morpholine rings is 1. The van der Waals surface area contributed by atoms with E-state index in [4.69, 9.17) is 13.9 Å². The zero-order valence-corrected chi connectivity index (χ0v) is 19.4. The molecule has 0 aliphatic carbocycles. The number of carbonyl (C=O) groups excluding carboxylic acids is 1. The summed E-state index contributed by atoms with van der Waals surface area (Å²) >= 11 is 1.50. The Bertz CT molecular complexity index is 1040. The molecule has 2 unspecified atom stereocenters. The minimum absolute atomic E-state index is 0.0408. The molecule has 2 atom stereocenters. The third-order valence-corrected chi connectivity index (χ3v) is 7.26. The van der Waals surface area contributed by atoms with E-state index in [1.807, 2.05) is 48.5 Å². The van der Waals surface area contributed by atoms with E-state index in [1.54, 1.807) is 0 Å². The Balaban J connectivity index is 1.24. The molecule has 0 saturated carbocycles. The molecule has 2 saturated heterocycles. The van der Waals surface area contributed by atoms with Crippen molar-refractivity contribution in [1.82, 2.24) is 15.2 Å². The van der Waals surface area contributed by atoms with Gasteiger partial charge in [-0.2, -0.15) is 0 Å². The third-order valence-electron chi connectivity index (χ3n) is 6.38. The minimum atomic E-state index is -0.0408. The monoisotopic (exact) mass is 467 g/mol. The average molecular weight is 468 g/mol. The molecule has 0 radical (unpaired) electrons. The lowest BCUT2D eigenvalue weighted by molar-refractivity contribution is 0.00166. The number of nitrogens with zero attached hydrogens (tertiary/aromatic N) is 2. The number of hydrogen-bond donors (Lipinski definition) is 1. The number of ether oxygens (including phenoxy) is 2. The Morgan fingerprint density at radius 2 is 1.91 bits per heavy atom. The Morgan fingerprint density at radius 3 is 2.73 bits per heavy atom. The molecule has 7 nitrogen and oxygen atoms in total. The highest BCUT2D eigenvalue weighted by molar-refractivity contribution is 7.98. The molecule has 2 aliphatic rings. The van der Waals surface area contributed by atoms with Gasteiger partial charge in [0.25, 0.3) is 11.1 Å². The van der Waals surface area contributed by atoms with Crippen LogP contribution in [0.25, 0.3) is 11.1 Å². The summed E-state index contributed by atoms with van der Waals surface area (Å²) in [5.41, 5.74) is 3.28. The molecule has 1 amide bonds. The van der Waals surface area contributed by atoms with Gasteiger partial charge in [-0.3, -0.25) is 9.69 Å². The average Bonchev–Trinajstić information content (AvgIpc) is 3.54. The summed E-state index contributed by atoms with van der Waals surface area (Å²) in [6.45, 7) is 5.45. The molecular formula is C25H29N3O4S. The summed E-state index contributed by atoms with van der Waals surface area (Å²) < 4.78 is 17.0. The van der Waals surface area contributed by atoms with E-state index in [2.05, 4.69) is 15.2 Å². The topological polar surface area (TPSA) is 76.8 Å². The largest absolute Gasteiger partial charge is 0.431 e. The molecule has 1 N–H and O–H groups in total. The number of hydrogen-bond acceptors (Lipinski definition) is 7. The maximum absolute atomic E-state index is 13.2. The van der Waals surface area contributed by atoms with E-state index >= 15 is 0 Å². The first-order valence-electron chi connectivity index (χ1n) is 11.5. The highest BCUT2D eigenvalue weighted by Gasteiger charge is 2.32. The summed E-state index contributed by atoms with van der Waals surface area (Å²) in [6.07, 6.45) is 1.04. The molecule has 33 heavy (non-hydrogen) atoms. The number of fused-ring (bicyclic) bond motifs is 1. The first kappa shape index (κ1) is 22.4. The Labute approximate surface area is 197 Å². The number of amides is 1. The third kappa shape index (κ3) is 5.41. The van der Waals surface area contributed by atoms with Gasteiger partial charge in [0.15, 0.2) is 5.58 Å². The molecular weight excluding hydrogens is 438 g/mol. The van der Waals surface area contributed by atoms with Gasteiger partial charge in [0, 0.05) is 49.5 Å². The van der Waals surface area contributed by atoms with E-state index in [-0.39, 0.29) is 11.9 Å². The van der Waals surface area contributed by atoms with Crippen molar-refractivity contribution >= 4 is 28.8 Å². The first-order chi connectivity index (χ1) is 16.3. The smallest absolute Gasteiger partial charge is 0.257 e. The summed E-state index contributed by atoms with van der Waals surface area (Å²) in [4.78, 5) is 20.2. The van der Waals surface area contributed by atoms with Gasteiger partial charge < -0.3 is 19.2 Å². The number of aromatic nitrogens is 1. The van der Waals surface area contributed by atoms with E-state index < -0.39 is 0 Å². The molecule has 5 rings (SSSR count). The van der Waals surface area contributed by atoms with Crippen molar-refractivity contribution in [3.05, 3.63) is 59.7 Å². The summed E-state index contributed by atoms with van der Waals surface area (Å²) in [7, 11) is 0. The van der Waals surface area contributed by atoms with Crippen molar-refractivity contribution in [2.75, 3.05) is 46.1 Å². The number of para-hydroxylation sites is 2. The Kier molecular flexibility index (Phi) is 7.26. The molecule has 174 valence electrons. The second kappa shape index (κ2) is 10.7. The fourth-order valence-corrected chi connectivity index (χ4v) is 5.41. The van der Waals surface area contributed by atoms with Gasteiger partial charge in [-0.15, -0.1) is 0 Å². The lowest BCUT2D eigenvalue weighted by Gasteiger charge is -2.37. The minimum Gasteiger partial charge on any atom is -0.431 e. The van der Waals surface area contributed by atoms with Crippen LogP contribution in [0.5, 0.6) is 0 Å². The van der Waals surface area contributed by atoms with Crippen LogP contribution in [-0.4, -0.2) is 67.9 Å². The highest BCUT2D eigenvalue weighted by atomic mass is 32.2. The van der Waals surface area contributed by atoms with Crippen molar-refractivity contribution in [3.8, 4) is 0 Å². The zero-order valence-electron chi connectivity index (χ0n) is 18.6. The van der Waals surface area contributed by atoms with Crippen LogP contribution >= 0.6 is 11.8 Å². The first-order valence-corrected chi connectivity index (χ1v) is 12.5. The Hall–Kier alpha value is -2.39. The van der Waals surface area contributed by atoms with Gasteiger partial charge in [-0.25, -0.2) is 4.98 Å². The number of rotatable bonds is 8. The van der Waals surface area contributed by atoms with Crippen LogP contribution in [0.15, 0.2) is 58.2 Å². The van der Waals surface area contributed by atoms with Gasteiger partial charge >= 0.3 is 0 Å². The molecule has 1 aromatic heterocycles. The van der Waals surface area contributed by atoms with Crippen LogP contribution in [0.3, 0.4) is 0 Å². The van der Waals surface area contributed by atoms with Crippen LogP contribution in [0.1, 0.15) is 22.3 Å². The lowest BCUT2D eigenvalue weighted by Crippen LogP contribution is -2.52. The maximum atomic E-state index is 13.2. The molecule has 3 heterocycles. The molecule has 3 aromatic rings. The normalized spacial score (nSPS) is 20.2. The van der Waals surface area contributed by atoms with Crippen LogP contribution in [0.2, 0.25) is 0 Å². The van der Waals surface area contributed by atoms with E-state index in [9.17, 15) is 4.79 Å². The second-order valence-corrected chi connectivity index (χ2v) is 9.37. The van der Waals surface area contributed by atoms with Gasteiger partial charge in [0.1, 0.15) is 5.52 Å². The van der Waals surface area contributed by atoms with Crippen LogP contribution in [-0.2, 0) is 15.2 Å². The SMILES string of the molecule is O=C(NCC(C1CCOC1)N1CCOCC1)c1ccccc1CSc1nc2ccccc2o1. The van der Waals surface area contributed by atoms with Gasteiger partial charge in [-0.1, -0.05) is 42.1 Å². The molecule has 2 fully saturated rings. The van der Waals surface area contributed by atoms with Crippen LogP contribution in [0, 0.1) is 5.92 Å². The van der Waals surface area contributed by atoms with Crippen molar-refractivity contribution in [2.45, 2.75) is 23.4 Å². The maximum Gasteiger partial charge on any atom is 0.257 e. The van der Waals surface area contributed by atoms with E-state index in [0.717, 1.165) is 62.6 Å². The fourth-order valence-electron chi connectivity index (χ4n) is 4.57. The van der Waals surface area contributed by atoms with E-state index in [0.29, 0.717) is 29.0 Å². The number of nitrogens with one attached hydrogen (secondary N) is 1. The molecule has 8 heteroatoms. The van der Waals surface area contributed by atoms with Gasteiger partial charge in [0.2, 0.25) is 0 Å².